The Bertz CT molecular complexity index is 800. The van der Waals surface area contributed by atoms with Gasteiger partial charge in [0, 0.05) is 36.8 Å². The lowest BCUT2D eigenvalue weighted by Gasteiger charge is -2.24. The number of hydrogen-bond acceptors (Lipinski definition) is 2. The van der Waals surface area contributed by atoms with Gasteiger partial charge >= 0.3 is 0 Å². The minimum absolute atomic E-state index is 0.131. The van der Waals surface area contributed by atoms with Gasteiger partial charge < -0.3 is 16.0 Å². The van der Waals surface area contributed by atoms with Gasteiger partial charge in [-0.2, -0.15) is 0 Å². The highest BCUT2D eigenvalue weighted by molar-refractivity contribution is 6.30. The van der Waals surface area contributed by atoms with E-state index in [1.165, 1.54) is 0 Å². The molecule has 0 heterocycles. The summed E-state index contributed by atoms with van der Waals surface area (Å²) in [6, 6.07) is 15.6. The van der Waals surface area contributed by atoms with Crippen molar-refractivity contribution in [2.24, 2.45) is 10.9 Å². The molecule has 1 saturated carbocycles. The zero-order valence-corrected chi connectivity index (χ0v) is 16.2. The molecule has 142 valence electrons. The van der Waals surface area contributed by atoms with Crippen LogP contribution in [0.4, 0.5) is 5.69 Å². The molecule has 1 aliphatic carbocycles. The summed E-state index contributed by atoms with van der Waals surface area (Å²) in [5, 5.41) is 10.3. The minimum Gasteiger partial charge on any atom is -0.352 e. The highest BCUT2D eigenvalue weighted by Crippen LogP contribution is 2.27. The fraction of sp³-hybridized carbons (Fsp3) is 0.333. The first-order valence-corrected chi connectivity index (χ1v) is 9.60. The minimum atomic E-state index is 0.131. The third-order valence-corrected chi connectivity index (χ3v) is 4.98. The fourth-order valence-electron chi connectivity index (χ4n) is 2.87. The van der Waals surface area contributed by atoms with Gasteiger partial charge in [0.15, 0.2) is 5.96 Å². The second-order valence-corrected chi connectivity index (χ2v) is 7.16. The van der Waals surface area contributed by atoms with Crippen molar-refractivity contribution in [3.8, 4) is 0 Å². The quantitative estimate of drug-likeness (QED) is 0.522. The summed E-state index contributed by atoms with van der Waals surface area (Å²) in [4.78, 5) is 16.3. The molecule has 0 aromatic heterocycles. The highest BCUT2D eigenvalue weighted by atomic mass is 35.5. The third-order valence-electron chi connectivity index (χ3n) is 4.73. The third kappa shape index (κ3) is 5.73. The van der Waals surface area contributed by atoms with Crippen LogP contribution in [-0.4, -0.2) is 18.9 Å². The normalized spacial score (nSPS) is 14.4. The Morgan fingerprint density at radius 2 is 1.78 bits per heavy atom. The second-order valence-electron chi connectivity index (χ2n) is 6.72. The number of hydrogen-bond donors (Lipinski definition) is 3. The average Bonchev–Trinajstić information content (AvgIpc) is 2.62. The smallest absolute Gasteiger partial charge is 0.227 e. The number of aliphatic imine (C=N–C) groups is 1. The lowest BCUT2D eigenvalue weighted by Crippen LogP contribution is -2.36. The van der Waals surface area contributed by atoms with Crippen LogP contribution >= 0.6 is 11.6 Å². The number of amides is 1. The van der Waals surface area contributed by atoms with E-state index in [2.05, 4.69) is 20.9 Å². The van der Waals surface area contributed by atoms with Crippen molar-refractivity contribution in [3.63, 3.8) is 0 Å². The first kappa shape index (κ1) is 19.2. The zero-order valence-electron chi connectivity index (χ0n) is 15.5. The van der Waals surface area contributed by atoms with Gasteiger partial charge in [-0.15, -0.1) is 0 Å². The van der Waals surface area contributed by atoms with Crippen LogP contribution in [0.25, 0.3) is 0 Å². The van der Waals surface area contributed by atoms with Crippen LogP contribution in [0.15, 0.2) is 53.5 Å². The summed E-state index contributed by atoms with van der Waals surface area (Å²) in [5.74, 6) is 1.03. The summed E-state index contributed by atoms with van der Waals surface area (Å²) >= 11 is 5.91. The van der Waals surface area contributed by atoms with Gasteiger partial charge in [0.05, 0.1) is 0 Å². The Hall–Kier alpha value is -2.53. The van der Waals surface area contributed by atoms with Crippen molar-refractivity contribution in [3.05, 3.63) is 64.7 Å². The molecule has 0 aliphatic heterocycles. The number of guanidine groups is 1. The molecule has 0 bridgehead atoms. The summed E-state index contributed by atoms with van der Waals surface area (Å²) < 4.78 is 0. The number of rotatable bonds is 6. The number of carbonyl (C=O) groups is 1. The van der Waals surface area contributed by atoms with Gasteiger partial charge in [-0.05, 0) is 48.2 Å². The van der Waals surface area contributed by atoms with Crippen LogP contribution in [0, 0.1) is 5.92 Å². The van der Waals surface area contributed by atoms with Crippen LogP contribution < -0.4 is 16.0 Å². The Labute approximate surface area is 165 Å². The van der Waals surface area contributed by atoms with E-state index < -0.39 is 0 Å². The number of benzene rings is 2. The topological polar surface area (TPSA) is 65.5 Å². The molecular formula is C21H25ClN4O. The van der Waals surface area contributed by atoms with Crippen molar-refractivity contribution < 1.29 is 4.79 Å². The van der Waals surface area contributed by atoms with Crippen molar-refractivity contribution in [1.82, 2.24) is 10.6 Å². The van der Waals surface area contributed by atoms with Crippen LogP contribution in [-0.2, 0) is 17.9 Å². The number of carbonyl (C=O) groups excluding carboxylic acids is 1. The van der Waals surface area contributed by atoms with Crippen LogP contribution in [0.5, 0.6) is 0 Å². The molecule has 3 rings (SSSR count). The van der Waals surface area contributed by atoms with E-state index in [1.807, 2.05) is 48.5 Å². The highest BCUT2D eigenvalue weighted by Gasteiger charge is 2.25. The monoisotopic (exact) mass is 384 g/mol. The molecule has 6 heteroatoms. The SMILES string of the molecule is CN=C(NCc1ccc(Cl)cc1)NCc1cccc(NC(=O)C2CCC2)c1. The molecule has 27 heavy (non-hydrogen) atoms. The van der Waals surface area contributed by atoms with Gasteiger partial charge in [0.25, 0.3) is 0 Å². The van der Waals surface area contributed by atoms with Gasteiger partial charge in [-0.1, -0.05) is 42.3 Å². The molecule has 0 saturated heterocycles. The zero-order chi connectivity index (χ0) is 19.1. The van der Waals surface area contributed by atoms with Crippen molar-refractivity contribution >= 4 is 29.2 Å². The van der Waals surface area contributed by atoms with Crippen molar-refractivity contribution in [2.75, 3.05) is 12.4 Å². The fourth-order valence-corrected chi connectivity index (χ4v) is 2.99. The molecule has 0 radical (unpaired) electrons. The lowest BCUT2D eigenvalue weighted by atomic mass is 9.85. The van der Waals surface area contributed by atoms with E-state index in [0.717, 1.165) is 41.1 Å². The largest absolute Gasteiger partial charge is 0.352 e. The van der Waals surface area contributed by atoms with Gasteiger partial charge in [0.2, 0.25) is 5.91 Å². The molecule has 2 aromatic carbocycles. The summed E-state index contributed by atoms with van der Waals surface area (Å²) in [6.07, 6.45) is 3.16. The second kappa shape index (κ2) is 9.42. The maximum atomic E-state index is 12.1. The van der Waals surface area contributed by atoms with Crippen LogP contribution in [0.1, 0.15) is 30.4 Å². The molecule has 1 aliphatic rings. The Kier molecular flexibility index (Phi) is 6.71. The predicted octanol–water partition coefficient (Wildman–Crippen LogP) is 3.94. The Balaban J connectivity index is 1.49. The van der Waals surface area contributed by atoms with E-state index in [1.54, 1.807) is 7.05 Å². The van der Waals surface area contributed by atoms with Crippen molar-refractivity contribution in [1.29, 1.82) is 0 Å². The number of nitrogens with zero attached hydrogens (tertiary/aromatic N) is 1. The van der Waals surface area contributed by atoms with E-state index >= 15 is 0 Å². The predicted molar refractivity (Wildman–Crippen MR) is 111 cm³/mol. The number of nitrogens with one attached hydrogen (secondary N) is 3. The maximum Gasteiger partial charge on any atom is 0.227 e. The molecule has 3 N–H and O–H groups in total. The summed E-state index contributed by atoms with van der Waals surface area (Å²) in [7, 11) is 1.74. The Morgan fingerprint density at radius 3 is 2.41 bits per heavy atom. The lowest BCUT2D eigenvalue weighted by molar-refractivity contribution is -0.122. The summed E-state index contributed by atoms with van der Waals surface area (Å²) in [5.41, 5.74) is 3.05. The molecule has 0 unspecified atom stereocenters. The van der Waals surface area contributed by atoms with Crippen molar-refractivity contribution in [2.45, 2.75) is 32.4 Å². The van der Waals surface area contributed by atoms with E-state index in [0.29, 0.717) is 19.0 Å². The first-order chi connectivity index (χ1) is 13.1. The van der Waals surface area contributed by atoms with Gasteiger partial charge in [-0.25, -0.2) is 0 Å². The van der Waals surface area contributed by atoms with E-state index in [4.69, 9.17) is 11.6 Å². The van der Waals surface area contributed by atoms with Gasteiger partial charge in [0.1, 0.15) is 0 Å². The average molecular weight is 385 g/mol. The maximum absolute atomic E-state index is 12.1. The standard InChI is InChI=1S/C21H25ClN4O/c1-23-21(24-13-15-8-10-18(22)11-9-15)25-14-16-4-2-7-19(12-16)26-20(27)17-5-3-6-17/h2,4,7-12,17H,3,5-6,13-14H2,1H3,(H,26,27)(H2,23,24,25). The van der Waals surface area contributed by atoms with Crippen LogP contribution in [0.3, 0.4) is 0 Å². The van der Waals surface area contributed by atoms with Crippen LogP contribution in [0.2, 0.25) is 5.02 Å². The molecule has 5 nitrogen and oxygen atoms in total. The van der Waals surface area contributed by atoms with E-state index in [-0.39, 0.29) is 11.8 Å². The Morgan fingerprint density at radius 1 is 1.07 bits per heavy atom. The molecule has 1 amide bonds. The van der Waals surface area contributed by atoms with E-state index in [9.17, 15) is 4.79 Å². The molecule has 0 atom stereocenters. The number of halogens is 1. The molecule has 0 spiro atoms. The molecular weight excluding hydrogens is 360 g/mol. The molecule has 1 fully saturated rings. The molecule has 2 aromatic rings. The number of anilines is 1. The van der Waals surface area contributed by atoms with Gasteiger partial charge in [-0.3, -0.25) is 9.79 Å². The first-order valence-electron chi connectivity index (χ1n) is 9.23. The summed E-state index contributed by atoms with van der Waals surface area (Å²) in [6.45, 7) is 1.28.